The van der Waals surface area contributed by atoms with Gasteiger partial charge in [0.15, 0.2) is 0 Å². The van der Waals surface area contributed by atoms with Gasteiger partial charge < -0.3 is 16.0 Å². The molecule has 3 N–H and O–H groups in total. The summed E-state index contributed by atoms with van der Waals surface area (Å²) in [4.78, 5) is 17.1. The smallest absolute Gasteiger partial charge is 0.267 e. The molecule has 0 aliphatic carbocycles. The second kappa shape index (κ2) is 10.9. The Hall–Kier alpha value is -3.79. The molecule has 1 heterocycles. The molecule has 0 unspecified atom stereocenters. The zero-order chi connectivity index (χ0) is 23.9. The summed E-state index contributed by atoms with van der Waals surface area (Å²) in [6.07, 6.45) is 1.64. The maximum absolute atomic E-state index is 12.6. The fourth-order valence-electron chi connectivity index (χ4n) is 4.13. The Morgan fingerprint density at radius 1 is 0.971 bits per heavy atom. The van der Waals surface area contributed by atoms with Crippen molar-refractivity contribution in [3.8, 4) is 6.07 Å². The van der Waals surface area contributed by atoms with E-state index in [1.165, 1.54) is 11.1 Å². The maximum Gasteiger partial charge on any atom is 0.267 e. The summed E-state index contributed by atoms with van der Waals surface area (Å²) >= 11 is 6.03. The number of carbonyl (C=O) groups is 1. The Kier molecular flexibility index (Phi) is 7.48. The quantitative estimate of drug-likeness (QED) is 0.310. The molecule has 1 fully saturated rings. The van der Waals surface area contributed by atoms with Crippen molar-refractivity contribution in [2.45, 2.75) is 6.04 Å². The molecule has 6 nitrogen and oxygen atoms in total. The average molecular weight is 472 g/mol. The van der Waals surface area contributed by atoms with Crippen molar-refractivity contribution in [1.29, 1.82) is 5.26 Å². The van der Waals surface area contributed by atoms with E-state index in [1.807, 2.05) is 23.1 Å². The number of amides is 1. The van der Waals surface area contributed by atoms with Gasteiger partial charge in [-0.25, -0.2) is 0 Å². The number of benzene rings is 3. The number of hydrogen-bond donors (Lipinski definition) is 2. The molecule has 0 radical (unpaired) electrons. The van der Waals surface area contributed by atoms with Crippen LogP contribution in [-0.4, -0.2) is 41.9 Å². The molecule has 172 valence electrons. The SMILES string of the molecule is N#C/C(=C/N1CCN(C(c2ccccc2)c2ccccc2)CC1)C(=O)Nc1ccc(N)c(Cl)c1. The van der Waals surface area contributed by atoms with Crippen molar-refractivity contribution in [2.75, 3.05) is 37.2 Å². The number of piperazine rings is 1. The third kappa shape index (κ3) is 5.57. The van der Waals surface area contributed by atoms with Crippen LogP contribution < -0.4 is 11.1 Å². The first-order valence-electron chi connectivity index (χ1n) is 11.1. The van der Waals surface area contributed by atoms with Gasteiger partial charge in [-0.3, -0.25) is 9.69 Å². The molecule has 0 aromatic heterocycles. The first kappa shape index (κ1) is 23.4. The van der Waals surface area contributed by atoms with Crippen LogP contribution in [0, 0.1) is 11.3 Å². The minimum Gasteiger partial charge on any atom is -0.398 e. The zero-order valence-corrected chi connectivity index (χ0v) is 19.4. The van der Waals surface area contributed by atoms with E-state index in [0.29, 0.717) is 29.5 Å². The molecule has 0 saturated carbocycles. The van der Waals surface area contributed by atoms with Gasteiger partial charge in [0.05, 0.1) is 16.8 Å². The van der Waals surface area contributed by atoms with E-state index >= 15 is 0 Å². The van der Waals surface area contributed by atoms with Gasteiger partial charge in [0.2, 0.25) is 0 Å². The summed E-state index contributed by atoms with van der Waals surface area (Å²) in [5.41, 5.74) is 9.17. The number of nitrogens with two attached hydrogens (primary N) is 1. The van der Waals surface area contributed by atoms with Crippen molar-refractivity contribution in [1.82, 2.24) is 9.80 Å². The summed E-state index contributed by atoms with van der Waals surface area (Å²) in [6.45, 7) is 3.03. The van der Waals surface area contributed by atoms with Crippen LogP contribution in [0.5, 0.6) is 0 Å². The van der Waals surface area contributed by atoms with Crippen LogP contribution in [0.15, 0.2) is 90.6 Å². The van der Waals surface area contributed by atoms with E-state index in [4.69, 9.17) is 17.3 Å². The number of halogens is 1. The van der Waals surface area contributed by atoms with Gasteiger partial charge in [-0.2, -0.15) is 5.26 Å². The van der Waals surface area contributed by atoms with E-state index in [0.717, 1.165) is 13.1 Å². The molecular weight excluding hydrogens is 446 g/mol. The molecule has 7 heteroatoms. The average Bonchev–Trinajstić information content (AvgIpc) is 2.87. The van der Waals surface area contributed by atoms with Crippen LogP contribution in [-0.2, 0) is 4.79 Å². The van der Waals surface area contributed by atoms with Crippen molar-refractivity contribution in [3.05, 3.63) is 107 Å². The van der Waals surface area contributed by atoms with E-state index in [1.54, 1.807) is 24.4 Å². The minimum atomic E-state index is -0.475. The van der Waals surface area contributed by atoms with Crippen LogP contribution in [0.2, 0.25) is 5.02 Å². The lowest BCUT2D eigenvalue weighted by Crippen LogP contribution is -2.46. The maximum atomic E-state index is 12.6. The molecule has 0 bridgehead atoms. The summed E-state index contributed by atoms with van der Waals surface area (Å²) < 4.78 is 0. The van der Waals surface area contributed by atoms with Gasteiger partial charge in [-0.05, 0) is 29.3 Å². The Morgan fingerprint density at radius 3 is 2.09 bits per heavy atom. The number of rotatable bonds is 6. The van der Waals surface area contributed by atoms with Crippen molar-refractivity contribution in [2.24, 2.45) is 0 Å². The summed E-state index contributed by atoms with van der Waals surface area (Å²) in [7, 11) is 0. The molecule has 0 atom stereocenters. The minimum absolute atomic E-state index is 0.0454. The first-order valence-corrected chi connectivity index (χ1v) is 11.5. The lowest BCUT2D eigenvalue weighted by Gasteiger charge is -2.39. The fourth-order valence-corrected chi connectivity index (χ4v) is 4.31. The largest absolute Gasteiger partial charge is 0.398 e. The van der Waals surface area contributed by atoms with Gasteiger partial charge in [-0.15, -0.1) is 0 Å². The van der Waals surface area contributed by atoms with Gasteiger partial charge in [0, 0.05) is 38.1 Å². The van der Waals surface area contributed by atoms with Gasteiger partial charge in [0.25, 0.3) is 5.91 Å². The van der Waals surface area contributed by atoms with Crippen molar-refractivity contribution < 1.29 is 4.79 Å². The summed E-state index contributed by atoms with van der Waals surface area (Å²) in [5, 5.41) is 12.6. The van der Waals surface area contributed by atoms with Crippen molar-refractivity contribution >= 4 is 28.9 Å². The van der Waals surface area contributed by atoms with Crippen LogP contribution in [0.3, 0.4) is 0 Å². The number of nitriles is 1. The third-order valence-electron chi connectivity index (χ3n) is 5.88. The normalized spacial score (nSPS) is 14.6. The van der Waals surface area contributed by atoms with Gasteiger partial charge in [-0.1, -0.05) is 72.3 Å². The Morgan fingerprint density at radius 2 is 1.56 bits per heavy atom. The highest BCUT2D eigenvalue weighted by Crippen LogP contribution is 2.29. The van der Waals surface area contributed by atoms with Crippen molar-refractivity contribution in [3.63, 3.8) is 0 Å². The molecule has 1 amide bonds. The number of anilines is 2. The monoisotopic (exact) mass is 471 g/mol. The second-order valence-corrected chi connectivity index (χ2v) is 8.55. The highest BCUT2D eigenvalue weighted by Gasteiger charge is 2.26. The molecule has 4 rings (SSSR count). The number of hydrogen-bond acceptors (Lipinski definition) is 5. The lowest BCUT2D eigenvalue weighted by atomic mass is 9.96. The Labute approximate surface area is 204 Å². The zero-order valence-electron chi connectivity index (χ0n) is 18.7. The van der Waals surface area contributed by atoms with E-state index in [-0.39, 0.29) is 11.6 Å². The Balaban J connectivity index is 1.44. The summed E-state index contributed by atoms with van der Waals surface area (Å²) in [5.74, 6) is -0.475. The second-order valence-electron chi connectivity index (χ2n) is 8.14. The number of nitrogens with zero attached hydrogens (tertiary/aromatic N) is 3. The molecule has 1 saturated heterocycles. The standard InChI is InChI=1S/C27H26ClN5O/c28-24-17-23(11-12-25(24)30)31-27(34)22(18-29)19-32-13-15-33(16-14-32)26(20-7-3-1-4-8-20)21-9-5-2-6-10-21/h1-12,17,19,26H,13-16,30H2,(H,31,34)/b22-19-. The topological polar surface area (TPSA) is 85.4 Å². The van der Waals surface area contributed by atoms with Gasteiger partial charge >= 0.3 is 0 Å². The highest BCUT2D eigenvalue weighted by atomic mass is 35.5. The number of carbonyl (C=O) groups excluding carboxylic acids is 1. The third-order valence-corrected chi connectivity index (χ3v) is 6.21. The molecule has 3 aromatic rings. The van der Waals surface area contributed by atoms with Crippen LogP contribution in [0.4, 0.5) is 11.4 Å². The predicted octanol–water partition coefficient (Wildman–Crippen LogP) is 4.68. The predicted molar refractivity (Wildman–Crippen MR) is 136 cm³/mol. The number of nitrogen functional groups attached to an aromatic ring is 1. The number of nitrogens with one attached hydrogen (secondary N) is 1. The molecular formula is C27H26ClN5O. The van der Waals surface area contributed by atoms with Crippen LogP contribution in [0.25, 0.3) is 0 Å². The van der Waals surface area contributed by atoms with E-state index in [2.05, 4.69) is 58.7 Å². The lowest BCUT2D eigenvalue weighted by molar-refractivity contribution is -0.112. The Bertz CT molecular complexity index is 1160. The van der Waals surface area contributed by atoms with Gasteiger partial charge in [0.1, 0.15) is 11.6 Å². The fraction of sp³-hybridized carbons (Fsp3) is 0.185. The van der Waals surface area contributed by atoms with E-state index in [9.17, 15) is 10.1 Å². The molecule has 1 aliphatic rings. The molecule has 1 aliphatic heterocycles. The molecule has 0 spiro atoms. The molecule has 3 aromatic carbocycles. The highest BCUT2D eigenvalue weighted by molar-refractivity contribution is 6.33. The summed E-state index contributed by atoms with van der Waals surface area (Å²) in [6, 6.07) is 28.0. The van der Waals surface area contributed by atoms with Crippen LogP contribution >= 0.6 is 11.6 Å². The first-order chi connectivity index (χ1) is 16.5. The van der Waals surface area contributed by atoms with Crippen LogP contribution in [0.1, 0.15) is 17.2 Å². The molecule has 34 heavy (non-hydrogen) atoms. The van der Waals surface area contributed by atoms with E-state index < -0.39 is 5.91 Å².